The molecule has 2 aromatic rings. The fourth-order valence-electron chi connectivity index (χ4n) is 3.51. The first-order valence-electron chi connectivity index (χ1n) is 9.22. The van der Waals surface area contributed by atoms with Crippen LogP contribution in [0.25, 0.3) is 0 Å². The van der Waals surface area contributed by atoms with Crippen molar-refractivity contribution in [1.29, 1.82) is 0 Å². The van der Waals surface area contributed by atoms with Gasteiger partial charge in [0.25, 0.3) is 5.91 Å². The van der Waals surface area contributed by atoms with Crippen molar-refractivity contribution >= 4 is 17.2 Å². The van der Waals surface area contributed by atoms with E-state index in [0.717, 1.165) is 40.8 Å². The van der Waals surface area contributed by atoms with Crippen molar-refractivity contribution in [3.63, 3.8) is 0 Å². The van der Waals surface area contributed by atoms with Crippen molar-refractivity contribution in [1.82, 2.24) is 14.8 Å². The standard InChI is InChI=1S/C20H27N3O4S/c1-13-19(28-14(2)21-13)20(24)23-10-8-22(9-11-23)12-15-6-7-16(25-3)18(27-5)17(15)26-4/h6-7H,8-12H2,1-5H3. The first-order valence-corrected chi connectivity index (χ1v) is 10.0. The molecule has 0 N–H and O–H groups in total. The summed E-state index contributed by atoms with van der Waals surface area (Å²) < 4.78 is 16.4. The van der Waals surface area contributed by atoms with Crippen LogP contribution in [0, 0.1) is 13.8 Å². The Morgan fingerprint density at radius 3 is 2.25 bits per heavy atom. The molecule has 1 fully saturated rings. The van der Waals surface area contributed by atoms with E-state index in [9.17, 15) is 4.79 Å². The fraction of sp³-hybridized carbons (Fsp3) is 0.500. The molecule has 3 rings (SSSR count). The van der Waals surface area contributed by atoms with Gasteiger partial charge in [0.1, 0.15) is 4.88 Å². The van der Waals surface area contributed by atoms with Gasteiger partial charge >= 0.3 is 0 Å². The molecule has 1 aliphatic heterocycles. The van der Waals surface area contributed by atoms with E-state index in [0.29, 0.717) is 30.3 Å². The number of hydrogen-bond donors (Lipinski definition) is 0. The van der Waals surface area contributed by atoms with E-state index in [2.05, 4.69) is 9.88 Å². The number of carbonyl (C=O) groups is 1. The summed E-state index contributed by atoms with van der Waals surface area (Å²) in [6.07, 6.45) is 0. The van der Waals surface area contributed by atoms with Gasteiger partial charge in [-0.05, 0) is 19.9 Å². The Bertz CT molecular complexity index is 844. The molecule has 0 atom stereocenters. The first-order chi connectivity index (χ1) is 13.5. The molecule has 0 aliphatic carbocycles. The Kier molecular flexibility index (Phi) is 6.41. The van der Waals surface area contributed by atoms with E-state index in [-0.39, 0.29) is 5.91 Å². The SMILES string of the molecule is COc1ccc(CN2CCN(C(=O)c3sc(C)nc3C)CC2)c(OC)c1OC. The van der Waals surface area contributed by atoms with Crippen LogP contribution in [-0.4, -0.2) is 68.2 Å². The first kappa shape index (κ1) is 20.4. The monoisotopic (exact) mass is 405 g/mol. The van der Waals surface area contributed by atoms with Crippen molar-refractivity contribution in [2.75, 3.05) is 47.5 Å². The lowest BCUT2D eigenvalue weighted by Crippen LogP contribution is -2.48. The molecule has 0 unspecified atom stereocenters. The minimum absolute atomic E-state index is 0.0893. The Hall–Kier alpha value is -2.32. The predicted molar refractivity (Wildman–Crippen MR) is 109 cm³/mol. The van der Waals surface area contributed by atoms with Gasteiger partial charge in [0.2, 0.25) is 5.75 Å². The average Bonchev–Trinajstić information content (AvgIpc) is 3.05. The summed E-state index contributed by atoms with van der Waals surface area (Å²) in [5.74, 6) is 2.03. The van der Waals surface area contributed by atoms with Crippen LogP contribution in [0.2, 0.25) is 0 Å². The number of hydrogen-bond acceptors (Lipinski definition) is 7. The van der Waals surface area contributed by atoms with Crippen LogP contribution in [0.4, 0.5) is 0 Å². The number of nitrogens with zero attached hydrogens (tertiary/aromatic N) is 3. The van der Waals surface area contributed by atoms with Crippen LogP contribution in [0.3, 0.4) is 0 Å². The number of aromatic nitrogens is 1. The Morgan fingerprint density at radius 1 is 1.04 bits per heavy atom. The summed E-state index contributed by atoms with van der Waals surface area (Å²) in [5.41, 5.74) is 1.86. The maximum absolute atomic E-state index is 12.8. The molecule has 152 valence electrons. The van der Waals surface area contributed by atoms with E-state index in [1.165, 1.54) is 11.3 Å². The summed E-state index contributed by atoms with van der Waals surface area (Å²) in [6.45, 7) is 7.57. The lowest BCUT2D eigenvalue weighted by molar-refractivity contribution is 0.0631. The Balaban J connectivity index is 1.66. The highest BCUT2D eigenvalue weighted by molar-refractivity contribution is 7.13. The average molecular weight is 406 g/mol. The van der Waals surface area contributed by atoms with Gasteiger partial charge in [-0.1, -0.05) is 6.07 Å². The third-order valence-electron chi connectivity index (χ3n) is 4.94. The Morgan fingerprint density at radius 2 is 1.71 bits per heavy atom. The van der Waals surface area contributed by atoms with Crippen LogP contribution < -0.4 is 14.2 Å². The van der Waals surface area contributed by atoms with Crippen molar-refractivity contribution in [2.24, 2.45) is 0 Å². The Labute approximate surface area is 169 Å². The fourth-order valence-corrected chi connectivity index (χ4v) is 4.40. The maximum atomic E-state index is 12.8. The van der Waals surface area contributed by atoms with Crippen LogP contribution in [0.5, 0.6) is 17.2 Å². The number of benzene rings is 1. The molecule has 8 heteroatoms. The third-order valence-corrected chi connectivity index (χ3v) is 6.00. The predicted octanol–water partition coefficient (Wildman–Crippen LogP) is 2.74. The molecule has 0 saturated carbocycles. The van der Waals surface area contributed by atoms with E-state index in [4.69, 9.17) is 14.2 Å². The molecule has 0 bridgehead atoms. The van der Waals surface area contributed by atoms with Gasteiger partial charge in [-0.2, -0.15) is 0 Å². The van der Waals surface area contributed by atoms with Gasteiger partial charge in [0.15, 0.2) is 11.5 Å². The highest BCUT2D eigenvalue weighted by Gasteiger charge is 2.26. The van der Waals surface area contributed by atoms with Gasteiger partial charge in [-0.25, -0.2) is 4.98 Å². The second-order valence-electron chi connectivity index (χ2n) is 6.71. The quantitative estimate of drug-likeness (QED) is 0.736. The number of carbonyl (C=O) groups excluding carboxylic acids is 1. The number of rotatable bonds is 6. The van der Waals surface area contributed by atoms with E-state index in [1.54, 1.807) is 21.3 Å². The van der Waals surface area contributed by atoms with E-state index in [1.807, 2.05) is 30.9 Å². The largest absolute Gasteiger partial charge is 0.493 e. The minimum atomic E-state index is 0.0893. The molecule has 1 aromatic carbocycles. The molecule has 28 heavy (non-hydrogen) atoms. The van der Waals surface area contributed by atoms with Gasteiger partial charge in [-0.15, -0.1) is 11.3 Å². The zero-order valence-corrected chi connectivity index (χ0v) is 17.9. The van der Waals surface area contributed by atoms with Gasteiger partial charge in [0, 0.05) is 38.3 Å². The molecule has 7 nitrogen and oxygen atoms in total. The molecule has 1 aromatic heterocycles. The second-order valence-corrected chi connectivity index (χ2v) is 7.91. The smallest absolute Gasteiger partial charge is 0.265 e. The van der Waals surface area contributed by atoms with Crippen LogP contribution in [0.15, 0.2) is 12.1 Å². The lowest BCUT2D eigenvalue weighted by Gasteiger charge is -2.35. The third kappa shape index (κ3) is 4.07. The van der Waals surface area contributed by atoms with Crippen molar-refractivity contribution < 1.29 is 19.0 Å². The zero-order valence-electron chi connectivity index (χ0n) is 17.1. The molecule has 1 amide bonds. The topological polar surface area (TPSA) is 64.1 Å². The number of amides is 1. The summed E-state index contributed by atoms with van der Waals surface area (Å²) in [5, 5.41) is 0.931. The molecule has 0 radical (unpaired) electrons. The zero-order chi connectivity index (χ0) is 20.3. The normalized spacial score (nSPS) is 14.8. The highest BCUT2D eigenvalue weighted by atomic mass is 32.1. The van der Waals surface area contributed by atoms with Crippen LogP contribution >= 0.6 is 11.3 Å². The second kappa shape index (κ2) is 8.79. The summed E-state index contributed by atoms with van der Waals surface area (Å²) in [4.78, 5) is 22.1. The molecular weight excluding hydrogens is 378 g/mol. The van der Waals surface area contributed by atoms with E-state index < -0.39 is 0 Å². The van der Waals surface area contributed by atoms with Gasteiger partial charge in [-0.3, -0.25) is 9.69 Å². The van der Waals surface area contributed by atoms with Gasteiger partial charge in [0.05, 0.1) is 32.0 Å². The molecule has 2 heterocycles. The number of thiazole rings is 1. The molecule has 0 spiro atoms. The minimum Gasteiger partial charge on any atom is -0.493 e. The van der Waals surface area contributed by atoms with Crippen molar-refractivity contribution in [3.05, 3.63) is 33.3 Å². The number of methoxy groups -OCH3 is 3. The summed E-state index contributed by atoms with van der Waals surface area (Å²) >= 11 is 1.47. The number of aryl methyl sites for hydroxylation is 2. The number of ether oxygens (including phenoxy) is 3. The molecule has 1 aliphatic rings. The summed E-state index contributed by atoms with van der Waals surface area (Å²) in [7, 11) is 4.86. The van der Waals surface area contributed by atoms with Gasteiger partial charge < -0.3 is 19.1 Å². The molecule has 1 saturated heterocycles. The molecular formula is C20H27N3O4S. The lowest BCUT2D eigenvalue weighted by atomic mass is 10.1. The van der Waals surface area contributed by atoms with Crippen LogP contribution in [-0.2, 0) is 6.54 Å². The van der Waals surface area contributed by atoms with Crippen LogP contribution in [0.1, 0.15) is 25.9 Å². The van der Waals surface area contributed by atoms with Crippen molar-refractivity contribution in [3.8, 4) is 17.2 Å². The maximum Gasteiger partial charge on any atom is 0.265 e. The highest BCUT2D eigenvalue weighted by Crippen LogP contribution is 2.40. The van der Waals surface area contributed by atoms with E-state index >= 15 is 0 Å². The summed E-state index contributed by atoms with van der Waals surface area (Å²) in [6, 6.07) is 3.90. The van der Waals surface area contributed by atoms with Crippen molar-refractivity contribution in [2.45, 2.75) is 20.4 Å². The number of piperazine rings is 1.